The lowest BCUT2D eigenvalue weighted by Gasteiger charge is -2.28. The normalized spacial score (nSPS) is 15.0. The van der Waals surface area contributed by atoms with E-state index in [1.165, 1.54) is 41.5 Å². The minimum Gasteiger partial charge on any atom is -0.313 e. The Hall–Kier alpha value is -1.31. The molecule has 0 aliphatic heterocycles. The van der Waals surface area contributed by atoms with Crippen LogP contribution < -0.4 is 5.32 Å². The fraction of sp³-hybridized carbons (Fsp3) is 0.368. The first kappa shape index (κ1) is 14.6. The predicted molar refractivity (Wildman–Crippen MR) is 90.9 cm³/mol. The molecule has 0 saturated heterocycles. The largest absolute Gasteiger partial charge is 0.313 e. The molecular weight excluding hydrogens is 278 g/mol. The molecule has 1 fully saturated rings. The molecule has 3 rings (SSSR count). The first-order valence-electron chi connectivity index (χ1n) is 7.88. The molecule has 2 heteroatoms. The number of rotatable bonds is 5. The topological polar surface area (TPSA) is 12.0 Å². The maximum Gasteiger partial charge on any atom is 0.0451 e. The Balaban J connectivity index is 1.96. The molecule has 1 saturated carbocycles. The van der Waals surface area contributed by atoms with E-state index in [0.717, 1.165) is 24.0 Å². The summed E-state index contributed by atoms with van der Waals surface area (Å²) in [4.78, 5) is 0. The van der Waals surface area contributed by atoms with Gasteiger partial charge in [-0.2, -0.15) is 0 Å². The molecule has 1 N–H and O–H groups in total. The summed E-state index contributed by atoms with van der Waals surface area (Å²) in [5.74, 6) is 0.745. The molecule has 1 nitrogen and oxygen atoms in total. The lowest BCUT2D eigenvalue weighted by Crippen LogP contribution is -2.12. The van der Waals surface area contributed by atoms with Gasteiger partial charge < -0.3 is 5.32 Å². The van der Waals surface area contributed by atoms with Gasteiger partial charge in [0, 0.05) is 11.6 Å². The van der Waals surface area contributed by atoms with Gasteiger partial charge >= 0.3 is 0 Å². The second-order valence-corrected chi connectivity index (χ2v) is 6.21. The SMILES string of the molecule is CCNCc1cc(-c2ccccc2C2CCC2)ccc1Cl. The molecule has 2 aromatic carbocycles. The number of halogens is 1. The molecule has 2 aromatic rings. The van der Waals surface area contributed by atoms with Gasteiger partial charge in [-0.25, -0.2) is 0 Å². The third-order valence-electron chi connectivity index (χ3n) is 4.43. The number of benzene rings is 2. The van der Waals surface area contributed by atoms with E-state index in [9.17, 15) is 0 Å². The zero-order valence-electron chi connectivity index (χ0n) is 12.5. The molecular formula is C19H22ClN. The molecule has 21 heavy (non-hydrogen) atoms. The standard InChI is InChI=1S/C19H22ClN/c1-2-21-13-16-12-15(10-11-19(16)20)18-9-4-3-8-17(18)14-6-5-7-14/h3-4,8-12,14,21H,2,5-7,13H2,1H3. The van der Waals surface area contributed by atoms with Crippen molar-refractivity contribution in [2.75, 3.05) is 6.54 Å². The summed E-state index contributed by atoms with van der Waals surface area (Å²) in [5, 5.41) is 4.21. The van der Waals surface area contributed by atoms with Gasteiger partial charge in [0.2, 0.25) is 0 Å². The van der Waals surface area contributed by atoms with Crippen LogP contribution in [0.3, 0.4) is 0 Å². The predicted octanol–water partition coefficient (Wildman–Crippen LogP) is 5.38. The summed E-state index contributed by atoms with van der Waals surface area (Å²) in [7, 11) is 0. The van der Waals surface area contributed by atoms with Crippen molar-refractivity contribution in [1.82, 2.24) is 5.32 Å². The quantitative estimate of drug-likeness (QED) is 0.781. The van der Waals surface area contributed by atoms with Crippen LogP contribution in [0.2, 0.25) is 5.02 Å². The van der Waals surface area contributed by atoms with Crippen molar-refractivity contribution >= 4 is 11.6 Å². The van der Waals surface area contributed by atoms with Crippen LogP contribution >= 0.6 is 11.6 Å². The Kier molecular flexibility index (Phi) is 4.62. The second kappa shape index (κ2) is 6.64. The molecule has 0 radical (unpaired) electrons. The van der Waals surface area contributed by atoms with E-state index >= 15 is 0 Å². The summed E-state index contributed by atoms with van der Waals surface area (Å²) in [6.45, 7) is 3.90. The lowest BCUT2D eigenvalue weighted by molar-refractivity contribution is 0.420. The highest BCUT2D eigenvalue weighted by Crippen LogP contribution is 2.41. The highest BCUT2D eigenvalue weighted by Gasteiger charge is 2.22. The third kappa shape index (κ3) is 3.14. The van der Waals surface area contributed by atoms with Crippen molar-refractivity contribution in [1.29, 1.82) is 0 Å². The maximum atomic E-state index is 6.32. The van der Waals surface area contributed by atoms with Crippen LogP contribution in [-0.2, 0) is 6.54 Å². The molecule has 0 atom stereocenters. The average molecular weight is 300 g/mol. The summed E-state index contributed by atoms with van der Waals surface area (Å²) in [6.07, 6.45) is 4.02. The van der Waals surface area contributed by atoms with Crippen LogP contribution in [0.15, 0.2) is 42.5 Å². The van der Waals surface area contributed by atoms with E-state index in [1.807, 2.05) is 6.07 Å². The van der Waals surface area contributed by atoms with Crippen LogP contribution in [-0.4, -0.2) is 6.54 Å². The van der Waals surface area contributed by atoms with Crippen molar-refractivity contribution in [2.45, 2.75) is 38.6 Å². The van der Waals surface area contributed by atoms with E-state index in [0.29, 0.717) is 0 Å². The van der Waals surface area contributed by atoms with E-state index in [2.05, 4.69) is 48.6 Å². The fourth-order valence-electron chi connectivity index (χ4n) is 2.97. The lowest BCUT2D eigenvalue weighted by atomic mass is 9.77. The average Bonchev–Trinajstić information content (AvgIpc) is 2.45. The Labute approximate surface area is 132 Å². The summed E-state index contributed by atoms with van der Waals surface area (Å²) in [6, 6.07) is 15.2. The summed E-state index contributed by atoms with van der Waals surface area (Å²) in [5.41, 5.74) is 5.34. The molecule has 0 unspecified atom stereocenters. The Bertz CT molecular complexity index is 617. The van der Waals surface area contributed by atoms with Gasteiger partial charge in [0.25, 0.3) is 0 Å². The molecule has 0 spiro atoms. The second-order valence-electron chi connectivity index (χ2n) is 5.80. The van der Waals surface area contributed by atoms with Crippen LogP contribution in [0.4, 0.5) is 0 Å². The van der Waals surface area contributed by atoms with Crippen LogP contribution in [0.5, 0.6) is 0 Å². The van der Waals surface area contributed by atoms with Crippen LogP contribution in [0.25, 0.3) is 11.1 Å². The molecule has 0 bridgehead atoms. The van der Waals surface area contributed by atoms with Crippen molar-refractivity contribution in [3.05, 3.63) is 58.6 Å². The van der Waals surface area contributed by atoms with Crippen molar-refractivity contribution in [3.63, 3.8) is 0 Å². The number of hydrogen-bond donors (Lipinski definition) is 1. The van der Waals surface area contributed by atoms with E-state index < -0.39 is 0 Å². The number of hydrogen-bond acceptors (Lipinski definition) is 1. The molecule has 0 aromatic heterocycles. The minimum absolute atomic E-state index is 0.745. The zero-order valence-corrected chi connectivity index (χ0v) is 13.3. The maximum absolute atomic E-state index is 6.32. The molecule has 1 aliphatic carbocycles. The Morgan fingerprint density at radius 1 is 1.14 bits per heavy atom. The van der Waals surface area contributed by atoms with Crippen molar-refractivity contribution in [3.8, 4) is 11.1 Å². The third-order valence-corrected chi connectivity index (χ3v) is 4.80. The fourth-order valence-corrected chi connectivity index (χ4v) is 3.16. The molecule has 0 heterocycles. The van der Waals surface area contributed by atoms with Gasteiger partial charge in [0.05, 0.1) is 0 Å². The van der Waals surface area contributed by atoms with Crippen LogP contribution in [0.1, 0.15) is 43.2 Å². The van der Waals surface area contributed by atoms with Crippen LogP contribution in [0, 0.1) is 0 Å². The van der Waals surface area contributed by atoms with Crippen molar-refractivity contribution < 1.29 is 0 Å². The summed E-state index contributed by atoms with van der Waals surface area (Å²) < 4.78 is 0. The van der Waals surface area contributed by atoms with Gasteiger partial charge in [-0.1, -0.05) is 55.3 Å². The summed E-state index contributed by atoms with van der Waals surface area (Å²) >= 11 is 6.32. The highest BCUT2D eigenvalue weighted by atomic mass is 35.5. The monoisotopic (exact) mass is 299 g/mol. The van der Waals surface area contributed by atoms with Crippen molar-refractivity contribution in [2.24, 2.45) is 0 Å². The molecule has 1 aliphatic rings. The molecule has 110 valence electrons. The van der Waals surface area contributed by atoms with E-state index in [4.69, 9.17) is 11.6 Å². The highest BCUT2D eigenvalue weighted by molar-refractivity contribution is 6.31. The van der Waals surface area contributed by atoms with Gasteiger partial charge in [0.15, 0.2) is 0 Å². The Morgan fingerprint density at radius 3 is 2.67 bits per heavy atom. The smallest absolute Gasteiger partial charge is 0.0451 e. The van der Waals surface area contributed by atoms with E-state index in [-0.39, 0.29) is 0 Å². The number of nitrogens with one attached hydrogen (secondary N) is 1. The first-order valence-corrected chi connectivity index (χ1v) is 8.26. The van der Waals surface area contributed by atoms with E-state index in [1.54, 1.807) is 0 Å². The zero-order chi connectivity index (χ0) is 14.7. The Morgan fingerprint density at radius 2 is 1.95 bits per heavy atom. The molecule has 0 amide bonds. The van der Waals surface area contributed by atoms with Gasteiger partial charge in [-0.15, -0.1) is 0 Å². The first-order chi connectivity index (χ1) is 10.3. The van der Waals surface area contributed by atoms with Gasteiger partial charge in [-0.05, 0) is 59.7 Å². The van der Waals surface area contributed by atoms with Gasteiger partial charge in [0.1, 0.15) is 0 Å². The minimum atomic E-state index is 0.745. The van der Waals surface area contributed by atoms with Gasteiger partial charge in [-0.3, -0.25) is 0 Å².